The van der Waals surface area contributed by atoms with Gasteiger partial charge in [0.05, 0.1) is 17.5 Å². The number of carbonyl (C=O) groups excluding carboxylic acids is 4. The minimum atomic E-state index is -2.01. The molecule has 2 saturated heterocycles. The maximum Gasteiger partial charge on any atom is 0.258 e. The van der Waals surface area contributed by atoms with Gasteiger partial charge in [0.25, 0.3) is 11.8 Å². The predicted octanol–water partition coefficient (Wildman–Crippen LogP) is 3.38. The van der Waals surface area contributed by atoms with Crippen LogP contribution in [0.3, 0.4) is 0 Å². The number of amides is 4. The van der Waals surface area contributed by atoms with Gasteiger partial charge in [-0.05, 0) is 60.7 Å². The summed E-state index contributed by atoms with van der Waals surface area (Å²) in [5, 5.41) is 12.6. The van der Waals surface area contributed by atoms with Crippen LogP contribution in [0, 0.1) is 23.6 Å². The number of fused-ring (bicyclic) bond motifs is 4. The van der Waals surface area contributed by atoms with Crippen LogP contribution in [0.15, 0.2) is 60.2 Å². The zero-order chi connectivity index (χ0) is 25.6. The Hall–Kier alpha value is -3.23. The van der Waals surface area contributed by atoms with Crippen molar-refractivity contribution in [3.63, 3.8) is 0 Å². The van der Waals surface area contributed by atoms with Gasteiger partial charge in [0.1, 0.15) is 11.6 Å². The number of nitrogens with zero attached hydrogens (tertiary/aromatic N) is 1. The van der Waals surface area contributed by atoms with Crippen molar-refractivity contribution in [2.24, 2.45) is 17.8 Å². The fraction of sp³-hybridized carbons (Fsp3) is 0.308. The van der Waals surface area contributed by atoms with Crippen molar-refractivity contribution < 1.29 is 28.7 Å². The summed E-state index contributed by atoms with van der Waals surface area (Å²) < 4.78 is 13.6. The van der Waals surface area contributed by atoms with Crippen LogP contribution in [-0.4, -0.2) is 38.5 Å². The molecule has 0 radical (unpaired) electrons. The number of carbonyl (C=O) groups is 4. The first-order valence-corrected chi connectivity index (χ1v) is 12.2. The third-order valence-corrected chi connectivity index (χ3v) is 9.36. The minimum Gasteiger partial charge on any atom is -0.508 e. The largest absolute Gasteiger partial charge is 0.508 e. The van der Waals surface area contributed by atoms with E-state index in [1.165, 1.54) is 24.3 Å². The van der Waals surface area contributed by atoms with Gasteiger partial charge in [0.2, 0.25) is 11.8 Å². The van der Waals surface area contributed by atoms with Crippen LogP contribution in [0.25, 0.3) is 0 Å². The number of alkyl halides is 2. The van der Waals surface area contributed by atoms with Gasteiger partial charge in [-0.1, -0.05) is 23.8 Å². The number of benzene rings is 2. The van der Waals surface area contributed by atoms with Gasteiger partial charge < -0.3 is 5.11 Å². The first kappa shape index (κ1) is 23.2. The second kappa shape index (κ2) is 7.63. The number of hydrogen-bond donors (Lipinski definition) is 2. The monoisotopic (exact) mass is 528 g/mol. The van der Waals surface area contributed by atoms with Crippen LogP contribution in [0.2, 0.25) is 0 Å². The molecule has 7 nitrogen and oxygen atoms in total. The molecular weight excluding hydrogens is 510 g/mol. The molecule has 6 atom stereocenters. The van der Waals surface area contributed by atoms with Gasteiger partial charge in [0.15, 0.2) is 9.75 Å². The highest BCUT2D eigenvalue weighted by molar-refractivity contribution is 6.58. The smallest absolute Gasteiger partial charge is 0.258 e. The SMILES string of the molecule is O=C1NC(=O)C2C1CC=C1C2CC2(Cl)C(=O)N(c3ccc(F)cc3)C(=O)C2(Cl)C1c1cccc(O)c1. The lowest BCUT2D eigenvalue weighted by atomic mass is 9.56. The lowest BCUT2D eigenvalue weighted by molar-refractivity contribution is -0.127. The standard InChI is InChI=1S/C26H19Cl2FN2O5/c27-25-11-18-16(8-9-17-19(18)22(34)30-21(17)33)20(12-2-1-3-15(32)10-12)26(25,28)24(36)31(23(25)35)14-6-4-13(29)5-7-14/h1-8,10,17-20,32H,9,11H2,(H,30,33,34). The molecule has 6 rings (SSSR count). The molecule has 10 heteroatoms. The molecule has 0 bridgehead atoms. The lowest BCUT2D eigenvalue weighted by Crippen LogP contribution is -2.60. The molecule has 36 heavy (non-hydrogen) atoms. The molecule has 2 aromatic rings. The Morgan fingerprint density at radius 1 is 0.972 bits per heavy atom. The van der Waals surface area contributed by atoms with Gasteiger partial charge >= 0.3 is 0 Å². The molecule has 6 unspecified atom stereocenters. The molecule has 0 spiro atoms. The molecule has 4 amide bonds. The van der Waals surface area contributed by atoms with E-state index >= 15 is 0 Å². The quantitative estimate of drug-likeness (QED) is 0.353. The first-order chi connectivity index (χ1) is 17.1. The molecule has 184 valence electrons. The number of phenolic OH excluding ortho intramolecular Hbond substituents is 1. The second-order valence-electron chi connectivity index (χ2n) is 9.70. The highest BCUT2D eigenvalue weighted by atomic mass is 35.5. The molecular formula is C26H19Cl2FN2O5. The van der Waals surface area contributed by atoms with Crippen LogP contribution >= 0.6 is 23.2 Å². The number of imide groups is 2. The van der Waals surface area contributed by atoms with E-state index in [4.69, 9.17) is 23.2 Å². The Balaban J connectivity index is 1.58. The number of anilines is 1. The summed E-state index contributed by atoms with van der Waals surface area (Å²) in [5.41, 5.74) is 1.18. The Morgan fingerprint density at radius 3 is 2.39 bits per heavy atom. The Bertz CT molecular complexity index is 1390. The van der Waals surface area contributed by atoms with E-state index < -0.39 is 57.0 Å². The summed E-state index contributed by atoms with van der Waals surface area (Å²) in [6.45, 7) is 0. The number of halogens is 3. The maximum atomic E-state index is 14.0. The van der Waals surface area contributed by atoms with Crippen molar-refractivity contribution in [1.82, 2.24) is 5.32 Å². The van der Waals surface area contributed by atoms with Crippen molar-refractivity contribution in [3.05, 3.63) is 71.6 Å². The summed E-state index contributed by atoms with van der Waals surface area (Å²) in [4.78, 5) is 50.0. The molecule has 3 fully saturated rings. The number of aromatic hydroxyl groups is 1. The molecule has 2 aliphatic heterocycles. The van der Waals surface area contributed by atoms with Crippen molar-refractivity contribution in [1.29, 1.82) is 0 Å². The fourth-order valence-electron chi connectivity index (χ4n) is 6.39. The van der Waals surface area contributed by atoms with E-state index in [-0.39, 0.29) is 30.2 Å². The molecule has 2 aromatic carbocycles. The number of rotatable bonds is 2. The van der Waals surface area contributed by atoms with Gasteiger partial charge in [-0.15, -0.1) is 23.2 Å². The van der Waals surface area contributed by atoms with Crippen molar-refractivity contribution in [2.45, 2.75) is 28.5 Å². The summed E-state index contributed by atoms with van der Waals surface area (Å²) in [6, 6.07) is 11.0. The average molecular weight is 529 g/mol. The highest BCUT2D eigenvalue weighted by Gasteiger charge is 2.76. The van der Waals surface area contributed by atoms with E-state index in [0.717, 1.165) is 17.0 Å². The van der Waals surface area contributed by atoms with E-state index in [1.54, 1.807) is 18.2 Å². The zero-order valence-electron chi connectivity index (χ0n) is 18.6. The minimum absolute atomic E-state index is 0.0784. The maximum absolute atomic E-state index is 14.0. The van der Waals surface area contributed by atoms with Gasteiger partial charge in [-0.2, -0.15) is 0 Å². The third kappa shape index (κ3) is 2.85. The van der Waals surface area contributed by atoms with Crippen LogP contribution in [0.4, 0.5) is 10.1 Å². The first-order valence-electron chi connectivity index (χ1n) is 11.4. The average Bonchev–Trinajstić information content (AvgIpc) is 3.21. The molecule has 4 aliphatic rings. The van der Waals surface area contributed by atoms with E-state index in [2.05, 4.69) is 5.32 Å². The molecule has 2 N–H and O–H groups in total. The Labute approximate surface area is 214 Å². The lowest BCUT2D eigenvalue weighted by Gasteiger charge is -2.50. The summed E-state index contributed by atoms with van der Waals surface area (Å²) >= 11 is 14.3. The van der Waals surface area contributed by atoms with E-state index in [9.17, 15) is 28.7 Å². The Morgan fingerprint density at radius 2 is 1.69 bits per heavy atom. The summed E-state index contributed by atoms with van der Waals surface area (Å²) in [7, 11) is 0. The van der Waals surface area contributed by atoms with Crippen LogP contribution < -0.4 is 10.2 Å². The molecule has 1 saturated carbocycles. The number of nitrogens with one attached hydrogen (secondary N) is 1. The topological polar surface area (TPSA) is 104 Å². The number of allylic oxidation sites excluding steroid dienone is 2. The van der Waals surface area contributed by atoms with Gasteiger partial charge in [0, 0.05) is 5.92 Å². The second-order valence-corrected chi connectivity index (χ2v) is 10.9. The fourth-order valence-corrected chi connectivity index (χ4v) is 7.32. The Kier molecular flexibility index (Phi) is 4.92. The van der Waals surface area contributed by atoms with Gasteiger partial charge in [-0.3, -0.25) is 24.5 Å². The molecule has 2 aliphatic carbocycles. The third-order valence-electron chi connectivity index (χ3n) is 7.94. The number of hydrogen-bond acceptors (Lipinski definition) is 5. The predicted molar refractivity (Wildman–Crippen MR) is 128 cm³/mol. The summed E-state index contributed by atoms with van der Waals surface area (Å²) in [6.07, 6.45) is 1.91. The summed E-state index contributed by atoms with van der Waals surface area (Å²) in [5.74, 6) is -6.03. The van der Waals surface area contributed by atoms with Crippen LogP contribution in [0.1, 0.15) is 24.3 Å². The van der Waals surface area contributed by atoms with E-state index in [1.807, 2.05) is 0 Å². The normalized spacial score (nSPS) is 35.2. The molecule has 2 heterocycles. The number of phenols is 1. The zero-order valence-corrected chi connectivity index (χ0v) is 20.1. The van der Waals surface area contributed by atoms with Gasteiger partial charge in [-0.25, -0.2) is 9.29 Å². The van der Waals surface area contributed by atoms with Crippen LogP contribution in [0.5, 0.6) is 5.75 Å². The van der Waals surface area contributed by atoms with Crippen molar-refractivity contribution in [3.8, 4) is 5.75 Å². The van der Waals surface area contributed by atoms with Crippen LogP contribution in [-0.2, 0) is 19.2 Å². The highest BCUT2D eigenvalue weighted by Crippen LogP contribution is 2.65. The van der Waals surface area contributed by atoms with Crippen molar-refractivity contribution >= 4 is 52.5 Å². The van der Waals surface area contributed by atoms with Crippen molar-refractivity contribution in [2.75, 3.05) is 4.90 Å². The molecule has 0 aromatic heterocycles. The van der Waals surface area contributed by atoms with E-state index in [0.29, 0.717) is 11.1 Å².